The number of ketones is 1. The van der Waals surface area contributed by atoms with Crippen LogP contribution in [-0.4, -0.2) is 42.3 Å². The van der Waals surface area contributed by atoms with Gasteiger partial charge in [-0.2, -0.15) is 0 Å². The minimum Gasteiger partial charge on any atom is -0.467 e. The molecule has 0 saturated heterocycles. The fraction of sp³-hybridized carbons (Fsp3) is 0.286. The van der Waals surface area contributed by atoms with Gasteiger partial charge in [0.05, 0.1) is 13.7 Å². The Morgan fingerprint density at radius 1 is 0.963 bits per heavy atom. The van der Waals surface area contributed by atoms with Gasteiger partial charge in [0.1, 0.15) is 6.04 Å². The number of methoxy groups -OCH3 is 1. The van der Waals surface area contributed by atoms with Crippen molar-refractivity contribution in [1.82, 2.24) is 4.90 Å². The van der Waals surface area contributed by atoms with E-state index in [-0.39, 0.29) is 18.2 Å². The van der Waals surface area contributed by atoms with E-state index in [1.54, 1.807) is 68.4 Å². The fourth-order valence-corrected chi connectivity index (χ4v) is 2.93. The smallest absolute Gasteiger partial charge is 0.328 e. The number of halogens is 1. The normalized spacial score (nSPS) is 11.7. The summed E-state index contributed by atoms with van der Waals surface area (Å²) in [7, 11) is 1.27. The van der Waals surface area contributed by atoms with Crippen molar-refractivity contribution in [2.24, 2.45) is 5.92 Å². The molecule has 0 spiro atoms. The molecule has 6 heteroatoms. The van der Waals surface area contributed by atoms with Crippen LogP contribution in [-0.2, 0) is 9.53 Å². The lowest BCUT2D eigenvalue weighted by atomic mass is 10.00. The Morgan fingerprint density at radius 3 is 2.07 bits per heavy atom. The molecule has 2 aromatic rings. The standard InChI is InChI=1S/C21H22ClNO4/c1-14(2)19(21(26)27-3)23(13-18(24)15-7-5-4-6-8-15)20(25)16-9-11-17(22)12-10-16/h4-12,14,19H,13H2,1-3H3. The van der Waals surface area contributed by atoms with Crippen LogP contribution in [0, 0.1) is 5.92 Å². The zero-order chi connectivity index (χ0) is 20.0. The second kappa shape index (κ2) is 9.33. The largest absolute Gasteiger partial charge is 0.467 e. The number of ether oxygens (including phenoxy) is 1. The zero-order valence-corrected chi connectivity index (χ0v) is 16.3. The summed E-state index contributed by atoms with van der Waals surface area (Å²) in [6, 6.07) is 14.1. The molecule has 0 heterocycles. The second-order valence-electron chi connectivity index (χ2n) is 6.44. The van der Waals surface area contributed by atoms with Crippen LogP contribution >= 0.6 is 11.6 Å². The van der Waals surface area contributed by atoms with E-state index in [1.165, 1.54) is 12.0 Å². The molecule has 1 atom stereocenters. The number of benzene rings is 2. The summed E-state index contributed by atoms with van der Waals surface area (Å²) in [5, 5.41) is 0.492. The Balaban J connectivity index is 2.40. The molecule has 5 nitrogen and oxygen atoms in total. The first-order chi connectivity index (χ1) is 12.8. The van der Waals surface area contributed by atoms with E-state index in [0.29, 0.717) is 16.1 Å². The average molecular weight is 388 g/mol. The molecule has 2 rings (SSSR count). The van der Waals surface area contributed by atoms with Gasteiger partial charge in [-0.1, -0.05) is 55.8 Å². The molecule has 0 radical (unpaired) electrons. The van der Waals surface area contributed by atoms with Crippen molar-refractivity contribution in [2.45, 2.75) is 19.9 Å². The Labute approximate surface area is 163 Å². The highest BCUT2D eigenvalue weighted by Crippen LogP contribution is 2.19. The summed E-state index contributed by atoms with van der Waals surface area (Å²) in [5.74, 6) is -1.49. The fourth-order valence-electron chi connectivity index (χ4n) is 2.80. The number of esters is 1. The quantitative estimate of drug-likeness (QED) is 0.534. The first-order valence-electron chi connectivity index (χ1n) is 8.57. The van der Waals surface area contributed by atoms with Gasteiger partial charge in [0.15, 0.2) is 5.78 Å². The van der Waals surface area contributed by atoms with Crippen LogP contribution in [0.1, 0.15) is 34.6 Å². The van der Waals surface area contributed by atoms with Crippen LogP contribution in [0.4, 0.5) is 0 Å². The minimum absolute atomic E-state index is 0.233. The maximum atomic E-state index is 13.1. The van der Waals surface area contributed by atoms with E-state index in [1.807, 2.05) is 0 Å². The molecule has 142 valence electrons. The van der Waals surface area contributed by atoms with Gasteiger partial charge < -0.3 is 9.64 Å². The molecule has 0 saturated carbocycles. The summed E-state index contributed by atoms with van der Waals surface area (Å²) < 4.78 is 4.88. The lowest BCUT2D eigenvalue weighted by molar-refractivity contribution is -0.147. The van der Waals surface area contributed by atoms with Crippen LogP contribution in [0.3, 0.4) is 0 Å². The molecular weight excluding hydrogens is 366 g/mol. The molecule has 0 fully saturated rings. The number of hydrogen-bond donors (Lipinski definition) is 0. The van der Waals surface area contributed by atoms with Gasteiger partial charge in [-0.05, 0) is 30.2 Å². The topological polar surface area (TPSA) is 63.7 Å². The summed E-state index contributed by atoms with van der Waals surface area (Å²) in [6.07, 6.45) is 0. The van der Waals surface area contributed by atoms with E-state index in [0.717, 1.165) is 0 Å². The van der Waals surface area contributed by atoms with Gasteiger partial charge >= 0.3 is 5.97 Å². The SMILES string of the molecule is COC(=O)C(C(C)C)N(CC(=O)c1ccccc1)C(=O)c1ccc(Cl)cc1. The summed E-state index contributed by atoms with van der Waals surface area (Å²) in [5.41, 5.74) is 0.814. The van der Waals surface area contributed by atoms with Crippen molar-refractivity contribution in [1.29, 1.82) is 0 Å². The summed E-state index contributed by atoms with van der Waals surface area (Å²) >= 11 is 5.89. The van der Waals surface area contributed by atoms with Crippen molar-refractivity contribution in [2.75, 3.05) is 13.7 Å². The molecule has 27 heavy (non-hydrogen) atoms. The Morgan fingerprint density at radius 2 is 1.56 bits per heavy atom. The number of hydrogen-bond acceptors (Lipinski definition) is 4. The van der Waals surface area contributed by atoms with Gasteiger partial charge in [-0.25, -0.2) is 4.79 Å². The van der Waals surface area contributed by atoms with E-state index < -0.39 is 17.9 Å². The van der Waals surface area contributed by atoms with Crippen LogP contribution in [0.15, 0.2) is 54.6 Å². The average Bonchev–Trinajstić information content (AvgIpc) is 2.67. The minimum atomic E-state index is -0.883. The number of nitrogens with zero attached hydrogens (tertiary/aromatic N) is 1. The third-order valence-corrected chi connectivity index (χ3v) is 4.42. The monoisotopic (exact) mass is 387 g/mol. The van der Waals surface area contributed by atoms with Gasteiger partial charge in [0.2, 0.25) is 0 Å². The third-order valence-electron chi connectivity index (χ3n) is 4.17. The molecule has 0 aromatic heterocycles. The van der Waals surface area contributed by atoms with Crippen molar-refractivity contribution in [3.63, 3.8) is 0 Å². The molecule has 0 aliphatic carbocycles. The van der Waals surface area contributed by atoms with E-state index in [2.05, 4.69) is 0 Å². The van der Waals surface area contributed by atoms with E-state index in [4.69, 9.17) is 16.3 Å². The Bertz CT molecular complexity index is 803. The number of rotatable bonds is 7. The van der Waals surface area contributed by atoms with Gasteiger partial charge in [-0.3, -0.25) is 9.59 Å². The number of amides is 1. The van der Waals surface area contributed by atoms with Crippen molar-refractivity contribution in [3.05, 3.63) is 70.7 Å². The molecule has 0 N–H and O–H groups in total. The number of carbonyl (C=O) groups is 3. The van der Waals surface area contributed by atoms with E-state index in [9.17, 15) is 14.4 Å². The highest BCUT2D eigenvalue weighted by molar-refractivity contribution is 6.30. The van der Waals surface area contributed by atoms with Gasteiger partial charge in [0, 0.05) is 16.1 Å². The van der Waals surface area contributed by atoms with Crippen molar-refractivity contribution < 1.29 is 19.1 Å². The van der Waals surface area contributed by atoms with Crippen LogP contribution in [0.25, 0.3) is 0 Å². The maximum absolute atomic E-state index is 13.1. The van der Waals surface area contributed by atoms with Crippen molar-refractivity contribution in [3.8, 4) is 0 Å². The lowest BCUT2D eigenvalue weighted by Gasteiger charge is -2.32. The predicted molar refractivity (Wildman–Crippen MR) is 104 cm³/mol. The first kappa shape index (κ1) is 20.6. The van der Waals surface area contributed by atoms with Crippen LogP contribution in [0.5, 0.6) is 0 Å². The molecule has 0 aliphatic rings. The molecule has 1 amide bonds. The van der Waals surface area contributed by atoms with Crippen LogP contribution in [0.2, 0.25) is 5.02 Å². The summed E-state index contributed by atoms with van der Waals surface area (Å²) in [6.45, 7) is 3.37. The second-order valence-corrected chi connectivity index (χ2v) is 6.88. The number of Topliss-reactive ketones (excluding diaryl/α,β-unsaturated/α-hetero) is 1. The maximum Gasteiger partial charge on any atom is 0.328 e. The van der Waals surface area contributed by atoms with Crippen molar-refractivity contribution >= 4 is 29.3 Å². The van der Waals surface area contributed by atoms with Crippen LogP contribution < -0.4 is 0 Å². The zero-order valence-electron chi connectivity index (χ0n) is 15.5. The highest BCUT2D eigenvalue weighted by atomic mass is 35.5. The molecular formula is C21H22ClNO4. The predicted octanol–water partition coefficient (Wildman–Crippen LogP) is 3.86. The Hall–Kier alpha value is -2.66. The first-order valence-corrected chi connectivity index (χ1v) is 8.95. The molecule has 0 bridgehead atoms. The molecule has 2 aromatic carbocycles. The number of carbonyl (C=O) groups excluding carboxylic acids is 3. The Kier molecular flexibility index (Phi) is 7.13. The van der Waals surface area contributed by atoms with Gasteiger partial charge in [0.25, 0.3) is 5.91 Å². The summed E-state index contributed by atoms with van der Waals surface area (Å²) in [4.78, 5) is 39.5. The lowest BCUT2D eigenvalue weighted by Crippen LogP contribution is -2.50. The van der Waals surface area contributed by atoms with Gasteiger partial charge in [-0.15, -0.1) is 0 Å². The molecule has 1 unspecified atom stereocenters. The highest BCUT2D eigenvalue weighted by Gasteiger charge is 2.35. The third kappa shape index (κ3) is 5.17. The molecule has 0 aliphatic heterocycles. The van der Waals surface area contributed by atoms with E-state index >= 15 is 0 Å².